The van der Waals surface area contributed by atoms with Crippen molar-refractivity contribution < 1.29 is 9.21 Å². The van der Waals surface area contributed by atoms with Crippen molar-refractivity contribution in [3.63, 3.8) is 0 Å². The van der Waals surface area contributed by atoms with Crippen LogP contribution in [0.1, 0.15) is 23.9 Å². The van der Waals surface area contributed by atoms with Crippen molar-refractivity contribution in [2.45, 2.75) is 33.7 Å². The number of nitrogens with zero attached hydrogens (tertiary/aromatic N) is 5. The number of hydrogen-bond acceptors (Lipinski definition) is 6. The van der Waals surface area contributed by atoms with Crippen molar-refractivity contribution in [1.29, 1.82) is 0 Å². The second-order valence-corrected chi connectivity index (χ2v) is 9.17. The largest absolute Gasteiger partial charge is 0.463 e. The summed E-state index contributed by atoms with van der Waals surface area (Å²) in [6.45, 7) is 11.4. The molecule has 0 atom stereocenters. The monoisotopic (exact) mass is 476 g/mol. The number of amides is 1. The minimum absolute atomic E-state index is 0.102. The Kier molecular flexibility index (Phi) is 6.34. The molecule has 3 aromatic heterocycles. The number of rotatable bonds is 7. The van der Waals surface area contributed by atoms with Gasteiger partial charge >= 0.3 is 0 Å². The highest BCUT2D eigenvalue weighted by Gasteiger charge is 2.19. The van der Waals surface area contributed by atoms with Gasteiger partial charge in [0.1, 0.15) is 17.9 Å². The lowest BCUT2D eigenvalue weighted by Gasteiger charge is -2.37. The van der Waals surface area contributed by atoms with Gasteiger partial charge in [0.15, 0.2) is 5.58 Å². The van der Waals surface area contributed by atoms with Crippen molar-refractivity contribution in [3.8, 4) is 0 Å². The predicted octanol–water partition coefficient (Wildman–Crippen LogP) is 2.36. The molecule has 0 saturated carbocycles. The van der Waals surface area contributed by atoms with E-state index in [0.29, 0.717) is 29.9 Å². The summed E-state index contributed by atoms with van der Waals surface area (Å²) < 4.78 is 8.52. The summed E-state index contributed by atoms with van der Waals surface area (Å²) in [5, 5.41) is 7.41. The van der Waals surface area contributed by atoms with Crippen LogP contribution < -0.4 is 15.8 Å². The zero-order valence-corrected chi connectivity index (χ0v) is 20.6. The molecule has 4 aromatic rings. The fraction of sp³-hybridized carbons (Fsp3) is 0.423. The van der Waals surface area contributed by atoms with Gasteiger partial charge in [-0.2, -0.15) is 5.10 Å². The molecule has 0 unspecified atom stereocenters. The van der Waals surface area contributed by atoms with Gasteiger partial charge in [-0.1, -0.05) is 19.1 Å². The number of fused-ring (bicyclic) bond motifs is 3. The minimum Gasteiger partial charge on any atom is -0.463 e. The summed E-state index contributed by atoms with van der Waals surface area (Å²) >= 11 is 0. The third kappa shape index (κ3) is 4.43. The first-order chi connectivity index (χ1) is 17.0. The molecule has 35 heavy (non-hydrogen) atoms. The van der Waals surface area contributed by atoms with E-state index in [1.807, 2.05) is 17.4 Å². The van der Waals surface area contributed by atoms with Crippen LogP contribution in [0.3, 0.4) is 0 Å². The molecule has 1 aromatic carbocycles. The van der Waals surface area contributed by atoms with Gasteiger partial charge in [-0.15, -0.1) is 0 Å². The molecule has 1 amide bonds. The molecule has 0 aliphatic carbocycles. The summed E-state index contributed by atoms with van der Waals surface area (Å²) in [6, 6.07) is 10.0. The summed E-state index contributed by atoms with van der Waals surface area (Å²) in [4.78, 5) is 30.4. The molecule has 1 aliphatic heterocycles. The summed E-state index contributed by atoms with van der Waals surface area (Å²) in [5.41, 5.74) is 5.60. The first kappa shape index (κ1) is 23.2. The molecular formula is C26H32N6O3. The standard InChI is InChI=1S/C26H32N6O3/c1-4-24-28-31(26(34)22-16-23-21(32(22)24)8-15-35-23)17-25(33)27-9-10-29-11-13-30(14-12-29)20-7-5-6-18(2)19(20)3/h5-8,15-16H,4,9-14,17H2,1-3H3,(H,27,33). The molecule has 4 heterocycles. The van der Waals surface area contributed by atoms with E-state index in [1.54, 1.807) is 12.3 Å². The Morgan fingerprint density at radius 1 is 1.11 bits per heavy atom. The lowest BCUT2D eigenvalue weighted by Crippen LogP contribution is -2.49. The zero-order valence-electron chi connectivity index (χ0n) is 20.6. The minimum atomic E-state index is -0.300. The maximum atomic E-state index is 13.0. The van der Waals surface area contributed by atoms with Crippen LogP contribution in [0.5, 0.6) is 0 Å². The second-order valence-electron chi connectivity index (χ2n) is 9.17. The van der Waals surface area contributed by atoms with Gasteiger partial charge in [-0.05, 0) is 31.0 Å². The van der Waals surface area contributed by atoms with E-state index < -0.39 is 0 Å². The average molecular weight is 477 g/mol. The van der Waals surface area contributed by atoms with Crippen LogP contribution in [-0.4, -0.2) is 64.3 Å². The van der Waals surface area contributed by atoms with E-state index in [-0.39, 0.29) is 18.0 Å². The van der Waals surface area contributed by atoms with Crippen LogP contribution in [0.2, 0.25) is 0 Å². The fourth-order valence-corrected chi connectivity index (χ4v) is 4.89. The lowest BCUT2D eigenvalue weighted by atomic mass is 10.1. The molecule has 1 fully saturated rings. The highest BCUT2D eigenvalue weighted by molar-refractivity contribution is 5.82. The normalized spacial score (nSPS) is 14.8. The van der Waals surface area contributed by atoms with Crippen LogP contribution >= 0.6 is 0 Å². The number of carbonyl (C=O) groups excluding carboxylic acids is 1. The Morgan fingerprint density at radius 2 is 1.91 bits per heavy atom. The molecule has 9 heteroatoms. The van der Waals surface area contributed by atoms with Gasteiger partial charge in [0, 0.05) is 63.5 Å². The van der Waals surface area contributed by atoms with E-state index in [4.69, 9.17) is 4.42 Å². The third-order valence-electron chi connectivity index (χ3n) is 7.02. The smallest absolute Gasteiger partial charge is 0.291 e. The molecule has 1 saturated heterocycles. The van der Waals surface area contributed by atoms with Gasteiger partial charge in [0.05, 0.1) is 11.8 Å². The van der Waals surface area contributed by atoms with Crippen molar-refractivity contribution in [2.24, 2.45) is 0 Å². The number of furan rings is 1. The van der Waals surface area contributed by atoms with Crippen LogP contribution in [0.15, 0.2) is 45.8 Å². The molecule has 184 valence electrons. The van der Waals surface area contributed by atoms with E-state index in [2.05, 4.69) is 52.3 Å². The van der Waals surface area contributed by atoms with E-state index >= 15 is 0 Å². The first-order valence-corrected chi connectivity index (χ1v) is 12.2. The van der Waals surface area contributed by atoms with Gasteiger partial charge in [-0.25, -0.2) is 4.68 Å². The Bertz CT molecular complexity index is 1420. The maximum Gasteiger partial charge on any atom is 0.291 e. The topological polar surface area (TPSA) is 88.0 Å². The number of piperazine rings is 1. The first-order valence-electron chi connectivity index (χ1n) is 12.2. The molecule has 1 aliphatic rings. The van der Waals surface area contributed by atoms with Gasteiger partial charge in [0.25, 0.3) is 5.56 Å². The zero-order chi connectivity index (χ0) is 24.5. The van der Waals surface area contributed by atoms with E-state index in [1.165, 1.54) is 21.5 Å². The number of nitrogens with one attached hydrogen (secondary N) is 1. The molecule has 9 nitrogen and oxygen atoms in total. The number of carbonyl (C=O) groups is 1. The van der Waals surface area contributed by atoms with Crippen LogP contribution in [0, 0.1) is 13.8 Å². The van der Waals surface area contributed by atoms with Crippen LogP contribution in [0.25, 0.3) is 16.6 Å². The molecule has 5 rings (SSSR count). The van der Waals surface area contributed by atoms with Gasteiger partial charge < -0.3 is 14.6 Å². The van der Waals surface area contributed by atoms with Crippen molar-refractivity contribution in [2.75, 3.05) is 44.2 Å². The molecule has 0 spiro atoms. The van der Waals surface area contributed by atoms with Gasteiger partial charge in [0.2, 0.25) is 5.91 Å². The highest BCUT2D eigenvalue weighted by atomic mass is 16.3. The third-order valence-corrected chi connectivity index (χ3v) is 7.02. The Balaban J connectivity index is 1.16. The number of anilines is 1. The molecular weight excluding hydrogens is 444 g/mol. The molecule has 1 N–H and O–H groups in total. The lowest BCUT2D eigenvalue weighted by molar-refractivity contribution is -0.122. The van der Waals surface area contributed by atoms with Crippen molar-refractivity contribution >= 4 is 28.2 Å². The number of hydrogen-bond donors (Lipinski definition) is 1. The van der Waals surface area contributed by atoms with Crippen molar-refractivity contribution in [1.82, 2.24) is 24.4 Å². The fourth-order valence-electron chi connectivity index (χ4n) is 4.89. The number of aryl methyl sites for hydroxylation is 2. The Hall–Kier alpha value is -3.59. The van der Waals surface area contributed by atoms with Crippen LogP contribution in [0.4, 0.5) is 5.69 Å². The molecule has 0 radical (unpaired) electrons. The molecule has 0 bridgehead atoms. The summed E-state index contributed by atoms with van der Waals surface area (Å²) in [7, 11) is 0. The SMILES string of the molecule is CCc1nn(CC(=O)NCCN2CCN(c3cccc(C)c3C)CC2)c(=O)c2cc3occc3n12. The summed E-state index contributed by atoms with van der Waals surface area (Å²) in [6.07, 6.45) is 2.22. The Labute approximate surface area is 203 Å². The van der Waals surface area contributed by atoms with E-state index in [0.717, 1.165) is 38.2 Å². The van der Waals surface area contributed by atoms with Gasteiger partial charge in [-0.3, -0.25) is 18.9 Å². The number of aromatic nitrogens is 3. The Morgan fingerprint density at radius 3 is 2.69 bits per heavy atom. The van der Waals surface area contributed by atoms with E-state index in [9.17, 15) is 9.59 Å². The second kappa shape index (κ2) is 9.58. The maximum absolute atomic E-state index is 13.0. The highest BCUT2D eigenvalue weighted by Crippen LogP contribution is 2.24. The predicted molar refractivity (Wildman–Crippen MR) is 136 cm³/mol. The summed E-state index contributed by atoms with van der Waals surface area (Å²) in [5.74, 6) is 0.501. The quantitative estimate of drug-likeness (QED) is 0.441. The van der Waals surface area contributed by atoms with Crippen molar-refractivity contribution in [3.05, 3.63) is 63.9 Å². The van der Waals surface area contributed by atoms with Crippen LogP contribution in [-0.2, 0) is 17.8 Å². The average Bonchev–Trinajstić information content (AvgIpc) is 3.45. The number of benzene rings is 1.